The van der Waals surface area contributed by atoms with Gasteiger partial charge in [0.2, 0.25) is 0 Å². The van der Waals surface area contributed by atoms with Gasteiger partial charge in [0.15, 0.2) is 0 Å². The van der Waals surface area contributed by atoms with E-state index in [9.17, 15) is 4.79 Å². The van der Waals surface area contributed by atoms with Gasteiger partial charge in [-0.2, -0.15) is 0 Å². The van der Waals surface area contributed by atoms with E-state index in [0.29, 0.717) is 5.75 Å². The molecule has 0 radical (unpaired) electrons. The van der Waals surface area contributed by atoms with Gasteiger partial charge in [0.1, 0.15) is 11.6 Å². The van der Waals surface area contributed by atoms with E-state index in [1.165, 1.54) is 75.8 Å². The van der Waals surface area contributed by atoms with Gasteiger partial charge in [-0.3, -0.25) is 0 Å². The van der Waals surface area contributed by atoms with Crippen molar-refractivity contribution in [3.8, 4) is 16.9 Å². The van der Waals surface area contributed by atoms with E-state index in [2.05, 4.69) is 38.1 Å². The third kappa shape index (κ3) is 8.52. The molecule has 1 fully saturated rings. The first-order valence-electron chi connectivity index (χ1n) is 15.3. The van der Waals surface area contributed by atoms with Gasteiger partial charge in [-0.25, -0.2) is 9.18 Å². The van der Waals surface area contributed by atoms with Crippen LogP contribution in [-0.2, 0) is 6.42 Å². The second-order valence-electron chi connectivity index (χ2n) is 11.4. The SMILES string of the molecule is CCCCCCc1ccc(-c2ccc(OC(=O)c3ccc(C4CCC(CCCCC)CC4)c(F)c3)cc2)cc1. The Morgan fingerprint density at radius 1 is 0.769 bits per heavy atom. The van der Waals surface area contributed by atoms with Gasteiger partial charge in [-0.15, -0.1) is 0 Å². The molecular weight excluding hydrogens is 483 g/mol. The minimum atomic E-state index is -0.528. The first-order valence-corrected chi connectivity index (χ1v) is 15.3. The lowest BCUT2D eigenvalue weighted by Crippen LogP contribution is -2.15. The van der Waals surface area contributed by atoms with E-state index >= 15 is 4.39 Å². The van der Waals surface area contributed by atoms with Gasteiger partial charge in [0, 0.05) is 0 Å². The molecule has 0 heterocycles. The zero-order valence-corrected chi connectivity index (χ0v) is 23.9. The van der Waals surface area contributed by atoms with Crippen LogP contribution in [0.25, 0.3) is 11.1 Å². The van der Waals surface area contributed by atoms with E-state index in [4.69, 9.17) is 4.74 Å². The molecule has 1 aliphatic carbocycles. The molecule has 0 aromatic heterocycles. The van der Waals surface area contributed by atoms with Crippen LogP contribution in [0, 0.1) is 11.7 Å². The summed E-state index contributed by atoms with van der Waals surface area (Å²) in [5.41, 5.74) is 4.58. The Hall–Kier alpha value is -2.94. The first-order chi connectivity index (χ1) is 19.1. The second kappa shape index (κ2) is 15.0. The van der Waals surface area contributed by atoms with E-state index < -0.39 is 5.97 Å². The van der Waals surface area contributed by atoms with Crippen molar-refractivity contribution in [1.82, 2.24) is 0 Å². The van der Waals surface area contributed by atoms with Crippen LogP contribution in [0.2, 0.25) is 0 Å². The molecule has 0 unspecified atom stereocenters. The van der Waals surface area contributed by atoms with E-state index in [1.54, 1.807) is 24.3 Å². The maximum Gasteiger partial charge on any atom is 0.343 e. The predicted octanol–water partition coefficient (Wildman–Crippen LogP) is 10.7. The highest BCUT2D eigenvalue weighted by molar-refractivity contribution is 5.91. The summed E-state index contributed by atoms with van der Waals surface area (Å²) in [7, 11) is 0. The average molecular weight is 529 g/mol. The van der Waals surface area contributed by atoms with Crippen LogP contribution >= 0.6 is 0 Å². The molecule has 0 atom stereocenters. The quantitative estimate of drug-likeness (QED) is 0.125. The molecule has 3 aromatic carbocycles. The van der Waals surface area contributed by atoms with Crippen LogP contribution < -0.4 is 4.74 Å². The molecule has 1 aliphatic rings. The van der Waals surface area contributed by atoms with Gasteiger partial charge in [0.25, 0.3) is 0 Å². The van der Waals surface area contributed by atoms with Crippen molar-refractivity contribution < 1.29 is 13.9 Å². The molecule has 0 amide bonds. The Bertz CT molecular complexity index is 1160. The topological polar surface area (TPSA) is 26.3 Å². The fourth-order valence-electron chi connectivity index (χ4n) is 5.93. The molecule has 2 nitrogen and oxygen atoms in total. The number of rotatable bonds is 13. The summed E-state index contributed by atoms with van der Waals surface area (Å²) in [5, 5.41) is 0. The van der Waals surface area contributed by atoms with Crippen LogP contribution in [0.1, 0.15) is 118 Å². The number of halogens is 1. The number of ether oxygens (including phenoxy) is 1. The third-order valence-electron chi connectivity index (χ3n) is 8.41. The van der Waals surface area contributed by atoms with Gasteiger partial charge in [0.05, 0.1) is 5.56 Å². The minimum absolute atomic E-state index is 0.250. The standard InChI is InChI=1S/C36H45FO2/c1-3-5-7-9-11-28-12-16-29(17-13-28)30-20-23-33(24-21-30)39-36(38)32-22-25-34(35(37)26-32)31-18-14-27(15-19-31)10-8-6-4-2/h12-13,16-17,20-27,31H,3-11,14-15,18-19H2,1-2H3. The Morgan fingerprint density at radius 2 is 1.41 bits per heavy atom. The molecule has 39 heavy (non-hydrogen) atoms. The van der Waals surface area contributed by atoms with Crippen LogP contribution in [0.3, 0.4) is 0 Å². The van der Waals surface area contributed by atoms with Gasteiger partial charge < -0.3 is 4.74 Å². The lowest BCUT2D eigenvalue weighted by atomic mass is 9.77. The maximum absolute atomic E-state index is 15.0. The summed E-state index contributed by atoms with van der Waals surface area (Å²) in [4.78, 5) is 12.8. The summed E-state index contributed by atoms with van der Waals surface area (Å²) >= 11 is 0. The Balaban J connectivity index is 1.29. The molecule has 3 heteroatoms. The Labute approximate surface area is 235 Å². The fraction of sp³-hybridized carbons (Fsp3) is 0.472. The molecule has 1 saturated carbocycles. The predicted molar refractivity (Wildman–Crippen MR) is 160 cm³/mol. The summed E-state index contributed by atoms with van der Waals surface area (Å²) in [5.74, 6) is 0.682. The summed E-state index contributed by atoms with van der Waals surface area (Å²) in [6.45, 7) is 4.48. The van der Waals surface area contributed by atoms with Crippen molar-refractivity contribution in [3.05, 3.63) is 89.2 Å². The number of hydrogen-bond acceptors (Lipinski definition) is 2. The summed E-state index contributed by atoms with van der Waals surface area (Å²) < 4.78 is 20.6. The molecule has 0 N–H and O–H groups in total. The number of benzene rings is 3. The molecule has 0 bridgehead atoms. The highest BCUT2D eigenvalue weighted by Gasteiger charge is 2.25. The van der Waals surface area contributed by atoms with Crippen molar-refractivity contribution in [2.45, 2.75) is 103 Å². The lowest BCUT2D eigenvalue weighted by molar-refractivity contribution is 0.0734. The van der Waals surface area contributed by atoms with Crippen molar-refractivity contribution in [2.24, 2.45) is 5.92 Å². The monoisotopic (exact) mass is 528 g/mol. The van der Waals surface area contributed by atoms with Gasteiger partial charge in [-0.1, -0.05) is 101 Å². The number of carbonyl (C=O) groups is 1. The first kappa shape index (κ1) is 29.1. The highest BCUT2D eigenvalue weighted by atomic mass is 19.1. The molecule has 3 aromatic rings. The lowest BCUT2D eigenvalue weighted by Gasteiger charge is -2.29. The van der Waals surface area contributed by atoms with Crippen LogP contribution in [0.15, 0.2) is 66.7 Å². The largest absolute Gasteiger partial charge is 0.423 e. The number of unbranched alkanes of at least 4 members (excludes halogenated alkanes) is 5. The zero-order valence-electron chi connectivity index (χ0n) is 23.9. The molecule has 0 aliphatic heterocycles. The molecule has 208 valence electrons. The maximum atomic E-state index is 15.0. The number of carbonyl (C=O) groups excluding carboxylic acids is 1. The van der Waals surface area contributed by atoms with Crippen molar-refractivity contribution in [1.29, 1.82) is 0 Å². The van der Waals surface area contributed by atoms with Gasteiger partial charge >= 0.3 is 5.97 Å². The van der Waals surface area contributed by atoms with Crippen molar-refractivity contribution in [2.75, 3.05) is 0 Å². The van der Waals surface area contributed by atoms with Crippen LogP contribution in [-0.4, -0.2) is 5.97 Å². The molecule has 0 saturated heterocycles. The molecular formula is C36H45FO2. The average Bonchev–Trinajstić information content (AvgIpc) is 2.97. The highest BCUT2D eigenvalue weighted by Crippen LogP contribution is 2.39. The number of aryl methyl sites for hydroxylation is 1. The summed E-state index contributed by atoms with van der Waals surface area (Å²) in [6.07, 6.45) is 15.8. The van der Waals surface area contributed by atoms with Crippen molar-refractivity contribution in [3.63, 3.8) is 0 Å². The Morgan fingerprint density at radius 3 is 2.05 bits per heavy atom. The molecule has 4 rings (SSSR count). The van der Waals surface area contributed by atoms with E-state index in [1.807, 2.05) is 12.1 Å². The minimum Gasteiger partial charge on any atom is -0.423 e. The number of esters is 1. The smallest absolute Gasteiger partial charge is 0.343 e. The van der Waals surface area contributed by atoms with Crippen LogP contribution in [0.5, 0.6) is 5.75 Å². The molecule has 0 spiro atoms. The third-order valence-corrected chi connectivity index (χ3v) is 8.41. The fourth-order valence-corrected chi connectivity index (χ4v) is 5.93. The van der Waals surface area contributed by atoms with E-state index in [-0.39, 0.29) is 17.3 Å². The normalized spacial score (nSPS) is 17.2. The van der Waals surface area contributed by atoms with E-state index in [0.717, 1.165) is 41.9 Å². The zero-order chi connectivity index (χ0) is 27.5. The Kier molecular flexibility index (Phi) is 11.2. The van der Waals surface area contributed by atoms with Crippen molar-refractivity contribution >= 4 is 5.97 Å². The van der Waals surface area contributed by atoms with Gasteiger partial charge in [-0.05, 0) is 96.9 Å². The van der Waals surface area contributed by atoms with Crippen LogP contribution in [0.4, 0.5) is 4.39 Å². The number of hydrogen-bond donors (Lipinski definition) is 0. The summed E-state index contributed by atoms with van der Waals surface area (Å²) in [6, 6.07) is 21.1. The second-order valence-corrected chi connectivity index (χ2v) is 11.4.